The van der Waals surface area contributed by atoms with E-state index in [0.29, 0.717) is 68.0 Å². The lowest BCUT2D eigenvalue weighted by Gasteiger charge is -2.40. The van der Waals surface area contributed by atoms with E-state index in [9.17, 15) is 27.6 Å². The van der Waals surface area contributed by atoms with Crippen LogP contribution in [0.15, 0.2) is 82.4 Å². The fraction of sp³-hybridized carbons (Fsp3) is 0.395. The first-order valence-corrected chi connectivity index (χ1v) is 17.4. The van der Waals surface area contributed by atoms with Crippen LogP contribution in [0.2, 0.25) is 5.02 Å². The van der Waals surface area contributed by atoms with E-state index in [-0.39, 0.29) is 19.5 Å². The van der Waals surface area contributed by atoms with E-state index in [1.807, 2.05) is 42.5 Å². The van der Waals surface area contributed by atoms with Crippen LogP contribution in [0.4, 0.5) is 17.6 Å². The van der Waals surface area contributed by atoms with Crippen LogP contribution in [0.3, 0.4) is 0 Å². The highest BCUT2D eigenvalue weighted by molar-refractivity contribution is 6.30. The summed E-state index contributed by atoms with van der Waals surface area (Å²) < 4.78 is 59.9. The molecule has 13 heteroatoms. The molecule has 3 aromatic carbocycles. The molecule has 1 fully saturated rings. The van der Waals surface area contributed by atoms with Crippen molar-refractivity contribution < 1.29 is 27.5 Å². The second-order valence-electron chi connectivity index (χ2n) is 13.5. The van der Waals surface area contributed by atoms with E-state index in [2.05, 4.69) is 10.2 Å². The van der Waals surface area contributed by atoms with Crippen molar-refractivity contribution >= 4 is 17.6 Å². The zero-order chi connectivity index (χ0) is 36.3. The molecule has 1 saturated heterocycles. The van der Waals surface area contributed by atoms with E-state index >= 15 is 4.39 Å². The van der Waals surface area contributed by atoms with Crippen LogP contribution in [0.1, 0.15) is 71.7 Å². The van der Waals surface area contributed by atoms with Crippen LogP contribution in [0.5, 0.6) is 0 Å². The summed E-state index contributed by atoms with van der Waals surface area (Å²) in [5.41, 5.74) is -1.22. The lowest BCUT2D eigenvalue weighted by molar-refractivity contribution is -0.138. The molecule has 2 N–H and O–H groups in total. The third kappa shape index (κ3) is 7.98. The number of carbonyl (C=O) groups is 1. The molecular weight excluding hydrogens is 688 g/mol. The molecule has 1 atom stereocenters. The highest BCUT2D eigenvalue weighted by Gasteiger charge is 2.46. The standard InChI is InChI=1S/C38H39ClF4N4O4/c39-27-10-4-7-25(21-27)22-45-19-16-37(17-20-45)15-14-32-34(37)35(50)47(24-31(26-8-2-1-3-9-26)44-18-6-13-33(48)49)36(51)46(32)23-28-29(38(41,42)43)11-5-12-30(28)40/h1-5,7-12,21,31,44H,6,13-20,22-24H2,(H,48,49)/t31-/m0/s1. The lowest BCUT2D eigenvalue weighted by Crippen LogP contribution is -2.49. The Morgan fingerprint density at radius 1 is 0.941 bits per heavy atom. The third-order valence-electron chi connectivity index (χ3n) is 10.3. The number of rotatable bonds is 12. The number of hydrogen-bond acceptors (Lipinski definition) is 5. The van der Waals surface area contributed by atoms with Gasteiger partial charge in [0.2, 0.25) is 0 Å². The van der Waals surface area contributed by atoms with Crippen molar-refractivity contribution in [2.45, 2.75) is 75.8 Å². The molecule has 0 saturated carbocycles. The van der Waals surface area contributed by atoms with Gasteiger partial charge >= 0.3 is 17.8 Å². The summed E-state index contributed by atoms with van der Waals surface area (Å²) in [6, 6.07) is 18.8. The first-order chi connectivity index (χ1) is 24.4. The molecule has 0 radical (unpaired) electrons. The van der Waals surface area contributed by atoms with Crippen LogP contribution in [-0.2, 0) is 42.4 Å². The van der Waals surface area contributed by atoms with Crippen LogP contribution in [0.25, 0.3) is 0 Å². The highest BCUT2D eigenvalue weighted by Crippen LogP contribution is 2.45. The normalized spacial score (nSPS) is 16.3. The highest BCUT2D eigenvalue weighted by atomic mass is 35.5. The van der Waals surface area contributed by atoms with Crippen LogP contribution < -0.4 is 16.6 Å². The van der Waals surface area contributed by atoms with Gasteiger partial charge in [-0.05, 0) is 87.1 Å². The minimum atomic E-state index is -4.87. The zero-order valence-electron chi connectivity index (χ0n) is 27.9. The van der Waals surface area contributed by atoms with E-state index in [1.54, 1.807) is 12.1 Å². The predicted octanol–water partition coefficient (Wildman–Crippen LogP) is 6.55. The van der Waals surface area contributed by atoms with Crippen molar-refractivity contribution in [2.24, 2.45) is 0 Å². The molecule has 0 bridgehead atoms. The fourth-order valence-corrected chi connectivity index (χ4v) is 7.90. The third-order valence-corrected chi connectivity index (χ3v) is 10.5. The van der Waals surface area contributed by atoms with Crippen LogP contribution in [-0.4, -0.2) is 44.7 Å². The summed E-state index contributed by atoms with van der Waals surface area (Å²) in [4.78, 5) is 42.4. The molecule has 0 amide bonds. The van der Waals surface area contributed by atoms with Crippen LogP contribution >= 0.6 is 11.6 Å². The van der Waals surface area contributed by atoms with Crippen molar-refractivity contribution in [1.29, 1.82) is 0 Å². The zero-order valence-corrected chi connectivity index (χ0v) is 28.7. The number of carboxylic acid groups (broad SMARTS) is 1. The Balaban J connectivity index is 1.42. The minimum Gasteiger partial charge on any atom is -0.481 e. The Hall–Kier alpha value is -4.26. The van der Waals surface area contributed by atoms with Gasteiger partial charge in [0.1, 0.15) is 5.82 Å². The first kappa shape index (κ1) is 36.5. The molecule has 1 aromatic heterocycles. The second kappa shape index (κ2) is 15.1. The average molecular weight is 727 g/mol. The molecule has 270 valence electrons. The molecule has 2 heterocycles. The molecule has 8 nitrogen and oxygen atoms in total. The average Bonchev–Trinajstić information content (AvgIpc) is 3.46. The van der Waals surface area contributed by atoms with Gasteiger partial charge in [0, 0.05) is 40.2 Å². The Morgan fingerprint density at radius 2 is 1.67 bits per heavy atom. The monoisotopic (exact) mass is 726 g/mol. The number of nitrogens with one attached hydrogen (secondary N) is 1. The van der Waals surface area contributed by atoms with Gasteiger partial charge in [0.05, 0.1) is 24.7 Å². The molecule has 1 aliphatic heterocycles. The van der Waals surface area contributed by atoms with Gasteiger partial charge in [0.25, 0.3) is 5.56 Å². The van der Waals surface area contributed by atoms with Gasteiger partial charge < -0.3 is 10.4 Å². The van der Waals surface area contributed by atoms with E-state index in [4.69, 9.17) is 16.7 Å². The van der Waals surface area contributed by atoms with Gasteiger partial charge in [-0.1, -0.05) is 60.1 Å². The number of aliphatic carboxylic acids is 1. The number of likely N-dealkylation sites (tertiary alicyclic amines) is 1. The SMILES string of the molecule is O=C(O)CCCN[C@@H](Cn1c(=O)c2c(n(Cc3c(F)cccc3C(F)(F)F)c1=O)CCC21CCN(Cc2cccc(Cl)c2)CC1)c1ccccc1. The van der Waals surface area contributed by atoms with Crippen molar-refractivity contribution in [3.05, 3.63) is 138 Å². The van der Waals surface area contributed by atoms with Gasteiger partial charge in [0.15, 0.2) is 0 Å². The molecule has 1 spiro atoms. The maximum Gasteiger partial charge on any atom is 0.416 e. The van der Waals surface area contributed by atoms with Gasteiger partial charge in [-0.3, -0.25) is 23.6 Å². The van der Waals surface area contributed by atoms with Gasteiger partial charge in [-0.2, -0.15) is 13.2 Å². The maximum atomic E-state index is 15.2. The number of alkyl halides is 3. The first-order valence-electron chi connectivity index (χ1n) is 17.0. The quantitative estimate of drug-likeness (QED) is 0.127. The number of nitrogens with zero attached hydrogens (tertiary/aromatic N) is 3. The van der Waals surface area contributed by atoms with E-state index in [0.717, 1.165) is 33.9 Å². The molecule has 4 aromatic rings. The predicted molar refractivity (Wildman–Crippen MR) is 185 cm³/mol. The second-order valence-corrected chi connectivity index (χ2v) is 13.9. The number of hydrogen-bond donors (Lipinski definition) is 2. The van der Waals surface area contributed by atoms with Crippen molar-refractivity contribution in [3.63, 3.8) is 0 Å². The van der Waals surface area contributed by atoms with E-state index in [1.165, 1.54) is 4.57 Å². The summed E-state index contributed by atoms with van der Waals surface area (Å²) in [7, 11) is 0. The number of carboxylic acids is 1. The molecule has 0 unspecified atom stereocenters. The summed E-state index contributed by atoms with van der Waals surface area (Å²) in [6.45, 7) is 1.37. The maximum absolute atomic E-state index is 15.2. The Kier molecular flexibility index (Phi) is 10.9. The smallest absolute Gasteiger partial charge is 0.416 e. The molecular formula is C38H39ClF4N4O4. The number of piperidine rings is 1. The summed E-state index contributed by atoms with van der Waals surface area (Å²) in [5, 5.41) is 13.0. The van der Waals surface area contributed by atoms with Crippen molar-refractivity contribution in [2.75, 3.05) is 19.6 Å². The number of aromatic nitrogens is 2. The number of benzene rings is 3. The van der Waals surface area contributed by atoms with Gasteiger partial charge in [-0.25, -0.2) is 9.18 Å². The summed E-state index contributed by atoms with van der Waals surface area (Å²) in [5.74, 6) is -2.05. The fourth-order valence-electron chi connectivity index (χ4n) is 7.69. The Morgan fingerprint density at radius 3 is 2.35 bits per heavy atom. The van der Waals surface area contributed by atoms with Crippen molar-refractivity contribution in [3.8, 4) is 0 Å². The molecule has 2 aliphatic rings. The van der Waals surface area contributed by atoms with E-state index < -0.39 is 58.3 Å². The van der Waals surface area contributed by atoms with Gasteiger partial charge in [-0.15, -0.1) is 0 Å². The summed E-state index contributed by atoms with van der Waals surface area (Å²) >= 11 is 6.21. The lowest BCUT2D eigenvalue weighted by atomic mass is 9.74. The Labute approximate surface area is 297 Å². The largest absolute Gasteiger partial charge is 0.481 e. The number of halogens is 5. The Bertz CT molecular complexity index is 2010. The topological polar surface area (TPSA) is 96.6 Å². The summed E-state index contributed by atoms with van der Waals surface area (Å²) in [6.07, 6.45) is -2.64. The molecule has 6 rings (SSSR count). The molecule has 51 heavy (non-hydrogen) atoms. The molecule has 1 aliphatic carbocycles. The van der Waals surface area contributed by atoms with Crippen molar-refractivity contribution in [1.82, 2.24) is 19.4 Å². The van der Waals surface area contributed by atoms with Crippen LogP contribution in [0, 0.1) is 5.82 Å². The minimum absolute atomic E-state index is 0.0822. The number of fused-ring (bicyclic) bond motifs is 2.